The van der Waals surface area contributed by atoms with Crippen molar-refractivity contribution in [3.8, 4) is 28.4 Å². The first-order valence-electron chi connectivity index (χ1n) is 9.78. The fourth-order valence-corrected chi connectivity index (χ4v) is 3.17. The highest BCUT2D eigenvalue weighted by Crippen LogP contribution is 2.32. The minimum Gasteiger partial charge on any atom is -0.334 e. The van der Waals surface area contributed by atoms with Gasteiger partial charge in [-0.15, -0.1) is 0 Å². The van der Waals surface area contributed by atoms with Crippen LogP contribution in [-0.2, 0) is 6.42 Å². The Hall–Kier alpha value is -3.25. The van der Waals surface area contributed by atoms with Gasteiger partial charge in [-0.2, -0.15) is 10.1 Å². The molecule has 1 unspecified atom stereocenters. The maximum atomic E-state index is 5.62. The molecule has 2 heterocycles. The van der Waals surface area contributed by atoms with Crippen LogP contribution in [0, 0.1) is 13.8 Å². The van der Waals surface area contributed by atoms with E-state index in [1.54, 1.807) is 0 Å². The van der Waals surface area contributed by atoms with Crippen molar-refractivity contribution in [2.24, 2.45) is 0 Å². The number of aryl methyl sites for hydroxylation is 2. The van der Waals surface area contributed by atoms with Gasteiger partial charge in [0.25, 0.3) is 5.89 Å². The normalized spacial score (nSPS) is 12.3. The van der Waals surface area contributed by atoms with Gasteiger partial charge in [-0.3, -0.25) is 0 Å². The van der Waals surface area contributed by atoms with Crippen molar-refractivity contribution in [2.45, 2.75) is 33.2 Å². The molecule has 0 aliphatic rings. The van der Waals surface area contributed by atoms with Gasteiger partial charge in [-0.05, 0) is 57.1 Å². The molecule has 4 rings (SSSR count). The zero-order valence-corrected chi connectivity index (χ0v) is 17.2. The number of aromatic nitrogens is 4. The van der Waals surface area contributed by atoms with Gasteiger partial charge in [-0.1, -0.05) is 35.5 Å². The molecular formula is C23H25N5O. The first-order chi connectivity index (χ1) is 14.0. The topological polar surface area (TPSA) is 68.8 Å². The van der Waals surface area contributed by atoms with Crippen molar-refractivity contribution in [3.05, 3.63) is 71.7 Å². The fraction of sp³-hybridized carbons (Fsp3) is 0.261. The van der Waals surface area contributed by atoms with Crippen molar-refractivity contribution in [1.82, 2.24) is 25.2 Å². The molecule has 0 saturated heterocycles. The van der Waals surface area contributed by atoms with Crippen LogP contribution in [0.1, 0.15) is 23.9 Å². The van der Waals surface area contributed by atoms with Crippen molar-refractivity contribution < 1.29 is 4.52 Å². The molecule has 1 N–H and O–H groups in total. The summed E-state index contributed by atoms with van der Waals surface area (Å²) in [5, 5.41) is 12.2. The Balaban J connectivity index is 1.81. The number of rotatable bonds is 6. The molecule has 0 bridgehead atoms. The van der Waals surface area contributed by atoms with E-state index in [1.807, 2.05) is 48.3 Å². The minimum atomic E-state index is 0.270. The first kappa shape index (κ1) is 19.1. The summed E-state index contributed by atoms with van der Waals surface area (Å²) >= 11 is 0. The average molecular weight is 387 g/mol. The van der Waals surface area contributed by atoms with Gasteiger partial charge in [0.2, 0.25) is 0 Å². The molecule has 0 saturated carbocycles. The van der Waals surface area contributed by atoms with E-state index < -0.39 is 0 Å². The Morgan fingerprint density at radius 1 is 1.07 bits per heavy atom. The fourth-order valence-electron chi connectivity index (χ4n) is 3.17. The monoisotopic (exact) mass is 387 g/mol. The smallest absolute Gasteiger partial charge is 0.261 e. The zero-order chi connectivity index (χ0) is 20.4. The second-order valence-electron chi connectivity index (χ2n) is 7.38. The molecule has 0 fully saturated rings. The molecular weight excluding hydrogens is 362 g/mol. The van der Waals surface area contributed by atoms with Crippen LogP contribution in [0.4, 0.5) is 0 Å². The van der Waals surface area contributed by atoms with Crippen LogP contribution in [0.15, 0.2) is 59.3 Å². The third-order valence-electron chi connectivity index (χ3n) is 5.20. The van der Waals surface area contributed by atoms with Crippen molar-refractivity contribution in [3.63, 3.8) is 0 Å². The summed E-state index contributed by atoms with van der Waals surface area (Å²) in [6.07, 6.45) is 2.66. The maximum absolute atomic E-state index is 5.62. The molecule has 2 aromatic heterocycles. The van der Waals surface area contributed by atoms with Crippen LogP contribution in [-0.4, -0.2) is 33.0 Å². The van der Waals surface area contributed by atoms with Gasteiger partial charge in [0, 0.05) is 24.2 Å². The Bertz CT molecular complexity index is 1110. The third kappa shape index (κ3) is 3.98. The molecule has 0 aliphatic carbocycles. The second-order valence-corrected chi connectivity index (χ2v) is 7.38. The van der Waals surface area contributed by atoms with Crippen LogP contribution in [0.5, 0.6) is 0 Å². The third-order valence-corrected chi connectivity index (χ3v) is 5.20. The van der Waals surface area contributed by atoms with Gasteiger partial charge >= 0.3 is 0 Å². The molecule has 29 heavy (non-hydrogen) atoms. The van der Waals surface area contributed by atoms with E-state index in [0.29, 0.717) is 18.1 Å². The predicted octanol–water partition coefficient (Wildman–Crippen LogP) is 4.36. The molecule has 4 aromatic rings. The van der Waals surface area contributed by atoms with Gasteiger partial charge in [0.15, 0.2) is 5.82 Å². The van der Waals surface area contributed by atoms with Crippen LogP contribution >= 0.6 is 0 Å². The summed E-state index contributed by atoms with van der Waals surface area (Å²) < 4.78 is 7.48. The summed E-state index contributed by atoms with van der Waals surface area (Å²) in [5.41, 5.74) is 6.13. The number of hydrogen-bond donors (Lipinski definition) is 1. The summed E-state index contributed by atoms with van der Waals surface area (Å²) in [6, 6.07) is 16.7. The van der Waals surface area contributed by atoms with Crippen molar-refractivity contribution >= 4 is 0 Å². The molecule has 0 amide bonds. The standard InChI is InChI=1S/C23H25N5O/c1-15-10-11-18(12-16(15)2)22-20(14-28(26-22)19-8-6-5-7-9-19)23-25-21(27-29-23)13-17(3)24-4/h5-12,14,17,24H,13H2,1-4H3. The number of nitrogens with zero attached hydrogens (tertiary/aromatic N) is 4. The number of hydrogen-bond acceptors (Lipinski definition) is 5. The molecule has 6 nitrogen and oxygen atoms in total. The van der Waals surface area contributed by atoms with Crippen molar-refractivity contribution in [2.75, 3.05) is 7.05 Å². The Morgan fingerprint density at radius 2 is 1.86 bits per heavy atom. The van der Waals surface area contributed by atoms with E-state index >= 15 is 0 Å². The Labute approximate surface area is 170 Å². The minimum absolute atomic E-state index is 0.270. The largest absolute Gasteiger partial charge is 0.334 e. The van der Waals surface area contributed by atoms with Gasteiger partial charge < -0.3 is 9.84 Å². The molecule has 0 aliphatic heterocycles. The molecule has 0 radical (unpaired) electrons. The van der Waals surface area contributed by atoms with Gasteiger partial charge in [0.1, 0.15) is 5.69 Å². The summed E-state index contributed by atoms with van der Waals surface area (Å²) in [5.74, 6) is 1.17. The number of benzene rings is 2. The van der Waals surface area contributed by atoms with Crippen LogP contribution in [0.25, 0.3) is 28.4 Å². The summed E-state index contributed by atoms with van der Waals surface area (Å²) in [4.78, 5) is 4.63. The van der Waals surface area contributed by atoms with Crippen LogP contribution < -0.4 is 5.32 Å². The quantitative estimate of drug-likeness (QED) is 0.532. The highest BCUT2D eigenvalue weighted by Gasteiger charge is 2.20. The molecule has 1 atom stereocenters. The van der Waals surface area contributed by atoms with Gasteiger partial charge in [0.05, 0.1) is 11.3 Å². The molecule has 2 aromatic carbocycles. The number of nitrogens with one attached hydrogen (secondary N) is 1. The number of para-hydroxylation sites is 1. The summed E-state index contributed by atoms with van der Waals surface area (Å²) in [7, 11) is 1.92. The highest BCUT2D eigenvalue weighted by molar-refractivity contribution is 5.77. The first-order valence-corrected chi connectivity index (χ1v) is 9.78. The van der Waals surface area contributed by atoms with Crippen LogP contribution in [0.2, 0.25) is 0 Å². The van der Waals surface area contributed by atoms with Gasteiger partial charge in [-0.25, -0.2) is 4.68 Å². The maximum Gasteiger partial charge on any atom is 0.261 e. The van der Waals surface area contributed by atoms with E-state index in [-0.39, 0.29) is 6.04 Å². The van der Waals surface area contributed by atoms with E-state index in [0.717, 1.165) is 22.5 Å². The lowest BCUT2D eigenvalue weighted by molar-refractivity contribution is 0.418. The van der Waals surface area contributed by atoms with Crippen molar-refractivity contribution in [1.29, 1.82) is 0 Å². The van der Waals surface area contributed by atoms with E-state index in [9.17, 15) is 0 Å². The lowest BCUT2D eigenvalue weighted by Gasteiger charge is -2.05. The SMILES string of the molecule is CNC(C)Cc1noc(-c2cn(-c3ccccc3)nc2-c2ccc(C)c(C)c2)n1. The molecule has 148 valence electrons. The lowest BCUT2D eigenvalue weighted by Crippen LogP contribution is -2.24. The highest BCUT2D eigenvalue weighted by atomic mass is 16.5. The van der Waals surface area contributed by atoms with E-state index in [1.165, 1.54) is 11.1 Å². The predicted molar refractivity (Wildman–Crippen MR) is 114 cm³/mol. The summed E-state index contributed by atoms with van der Waals surface area (Å²) in [6.45, 7) is 6.30. The van der Waals surface area contributed by atoms with E-state index in [2.05, 4.69) is 54.4 Å². The van der Waals surface area contributed by atoms with E-state index in [4.69, 9.17) is 9.62 Å². The van der Waals surface area contributed by atoms with Crippen LogP contribution in [0.3, 0.4) is 0 Å². The zero-order valence-electron chi connectivity index (χ0n) is 17.2. The average Bonchev–Trinajstić information content (AvgIpc) is 3.38. The number of likely N-dealkylation sites (N-methyl/N-ethyl adjacent to an activating group) is 1. The molecule has 0 spiro atoms. The Kier molecular flexibility index (Phi) is 5.27. The lowest BCUT2D eigenvalue weighted by atomic mass is 10.0. The second kappa shape index (κ2) is 8.01. The molecule has 6 heteroatoms. The Morgan fingerprint density at radius 3 is 2.59 bits per heavy atom.